The maximum absolute atomic E-state index is 12.9. The van der Waals surface area contributed by atoms with Crippen LogP contribution < -0.4 is 15.0 Å². The Morgan fingerprint density at radius 3 is 2.49 bits per heavy atom. The average molecular weight is 495 g/mol. The van der Waals surface area contributed by atoms with Gasteiger partial charge in [0.05, 0.1) is 17.4 Å². The van der Waals surface area contributed by atoms with Crippen molar-refractivity contribution >= 4 is 28.3 Å². The predicted octanol–water partition coefficient (Wildman–Crippen LogP) is 5.83. The molecule has 2 aromatic heterocycles. The van der Waals surface area contributed by atoms with E-state index in [1.807, 2.05) is 47.4 Å². The van der Waals surface area contributed by atoms with Gasteiger partial charge in [0.2, 0.25) is 0 Å². The summed E-state index contributed by atoms with van der Waals surface area (Å²) in [4.78, 5) is 30.4. The van der Waals surface area contributed by atoms with Crippen LogP contribution in [0.1, 0.15) is 37.3 Å². The number of likely N-dealkylation sites (tertiary alicyclic amines) is 1. The summed E-state index contributed by atoms with van der Waals surface area (Å²) < 4.78 is 5.92. The minimum Gasteiger partial charge on any atom is -0.456 e. The van der Waals surface area contributed by atoms with Gasteiger partial charge in [0.25, 0.3) is 0 Å². The molecule has 0 atom stereocenters. The molecule has 0 unspecified atom stereocenters. The number of urea groups is 1. The van der Waals surface area contributed by atoms with E-state index in [2.05, 4.69) is 37.3 Å². The fourth-order valence-electron chi connectivity index (χ4n) is 5.28. The molecule has 0 aliphatic carbocycles. The second-order valence-electron chi connectivity index (χ2n) is 9.66. The lowest BCUT2D eigenvalue weighted by atomic mass is 9.91. The van der Waals surface area contributed by atoms with Gasteiger partial charge in [0.1, 0.15) is 17.8 Å². The topological polar surface area (TPSA) is 83.5 Å². The number of piperidine rings is 1. The predicted molar refractivity (Wildman–Crippen MR) is 144 cm³/mol. The van der Waals surface area contributed by atoms with Crippen LogP contribution in [0.2, 0.25) is 0 Å². The molecule has 4 aromatic rings. The lowest BCUT2D eigenvalue weighted by Crippen LogP contribution is -2.40. The molecule has 2 aliphatic rings. The van der Waals surface area contributed by atoms with E-state index in [-0.39, 0.29) is 11.9 Å². The van der Waals surface area contributed by atoms with Crippen LogP contribution in [0.3, 0.4) is 0 Å². The molecular formula is C29H30N6O2. The zero-order valence-corrected chi connectivity index (χ0v) is 20.7. The molecule has 2 amide bonds. The first-order chi connectivity index (χ1) is 18.2. The molecule has 0 radical (unpaired) electrons. The Kier molecular flexibility index (Phi) is 6.54. The van der Waals surface area contributed by atoms with Crippen molar-refractivity contribution in [2.75, 3.05) is 36.4 Å². The molecule has 2 saturated heterocycles. The van der Waals surface area contributed by atoms with Crippen molar-refractivity contribution in [2.24, 2.45) is 0 Å². The number of carbonyl (C=O) groups excluding carboxylic acids is 1. The summed E-state index contributed by atoms with van der Waals surface area (Å²) in [6.07, 6.45) is 9.25. The zero-order chi connectivity index (χ0) is 25.0. The van der Waals surface area contributed by atoms with E-state index in [0.717, 1.165) is 48.2 Å². The Labute approximate surface area is 216 Å². The molecular weight excluding hydrogens is 464 g/mol. The number of benzene rings is 2. The first kappa shape index (κ1) is 23.2. The highest BCUT2D eigenvalue weighted by molar-refractivity contribution is 5.89. The SMILES string of the molecule is O=C(Nc1ccc(N2CCCC2)cc1)N1CCC(c2ncnc3cc(Oc4cccnc4)ccc23)CC1. The van der Waals surface area contributed by atoms with Crippen molar-refractivity contribution in [1.82, 2.24) is 19.9 Å². The number of carbonyl (C=O) groups is 1. The highest BCUT2D eigenvalue weighted by atomic mass is 16.5. The molecule has 2 aliphatic heterocycles. The molecule has 0 bridgehead atoms. The third-order valence-electron chi connectivity index (χ3n) is 7.27. The van der Waals surface area contributed by atoms with E-state index < -0.39 is 0 Å². The molecule has 0 saturated carbocycles. The number of pyridine rings is 1. The van der Waals surface area contributed by atoms with Gasteiger partial charge in [0.15, 0.2) is 0 Å². The van der Waals surface area contributed by atoms with E-state index in [9.17, 15) is 4.79 Å². The van der Waals surface area contributed by atoms with Crippen molar-refractivity contribution in [1.29, 1.82) is 0 Å². The Hall–Kier alpha value is -4.20. The van der Waals surface area contributed by atoms with Gasteiger partial charge in [0, 0.05) is 61.1 Å². The van der Waals surface area contributed by atoms with E-state index in [1.54, 1.807) is 18.7 Å². The number of fused-ring (bicyclic) bond motifs is 1. The molecule has 4 heterocycles. The highest BCUT2D eigenvalue weighted by Gasteiger charge is 2.26. The minimum atomic E-state index is -0.0443. The van der Waals surface area contributed by atoms with E-state index >= 15 is 0 Å². The van der Waals surface area contributed by atoms with Gasteiger partial charge in [-0.3, -0.25) is 4.98 Å². The molecule has 8 heteroatoms. The number of nitrogens with one attached hydrogen (secondary N) is 1. The van der Waals surface area contributed by atoms with Gasteiger partial charge in [-0.15, -0.1) is 0 Å². The summed E-state index contributed by atoms with van der Waals surface area (Å²) in [6.45, 7) is 3.61. The van der Waals surface area contributed by atoms with Crippen molar-refractivity contribution in [3.63, 3.8) is 0 Å². The molecule has 0 spiro atoms. The first-order valence-corrected chi connectivity index (χ1v) is 13.0. The number of ether oxygens (including phenoxy) is 1. The maximum atomic E-state index is 12.9. The Bertz CT molecular complexity index is 1360. The molecule has 8 nitrogen and oxygen atoms in total. The summed E-state index contributed by atoms with van der Waals surface area (Å²) in [7, 11) is 0. The van der Waals surface area contributed by atoms with Crippen molar-refractivity contribution in [3.05, 3.63) is 79.0 Å². The van der Waals surface area contributed by atoms with Crippen LogP contribution in [-0.4, -0.2) is 52.1 Å². The fraction of sp³-hybridized carbons (Fsp3) is 0.310. The summed E-state index contributed by atoms with van der Waals surface area (Å²) in [5, 5.41) is 4.09. The second kappa shape index (κ2) is 10.4. The summed E-state index contributed by atoms with van der Waals surface area (Å²) in [6, 6.07) is 17.8. The molecule has 6 rings (SSSR count). The Morgan fingerprint density at radius 2 is 1.73 bits per heavy atom. The van der Waals surface area contributed by atoms with Crippen LogP contribution in [0.25, 0.3) is 10.9 Å². The number of nitrogens with zero attached hydrogens (tertiary/aromatic N) is 5. The lowest BCUT2D eigenvalue weighted by Gasteiger charge is -2.32. The van der Waals surface area contributed by atoms with Crippen molar-refractivity contribution in [2.45, 2.75) is 31.6 Å². The van der Waals surface area contributed by atoms with Crippen LogP contribution in [0, 0.1) is 0 Å². The van der Waals surface area contributed by atoms with E-state index in [4.69, 9.17) is 4.74 Å². The molecule has 1 N–H and O–H groups in total. The molecule has 188 valence electrons. The van der Waals surface area contributed by atoms with Gasteiger partial charge < -0.3 is 19.9 Å². The lowest BCUT2D eigenvalue weighted by molar-refractivity contribution is 0.194. The quantitative estimate of drug-likeness (QED) is 0.376. The Balaban J connectivity index is 1.08. The first-order valence-electron chi connectivity index (χ1n) is 13.0. The normalized spacial score (nSPS) is 16.2. The van der Waals surface area contributed by atoms with E-state index in [0.29, 0.717) is 24.6 Å². The maximum Gasteiger partial charge on any atom is 0.321 e. The Morgan fingerprint density at radius 1 is 0.919 bits per heavy atom. The van der Waals surface area contributed by atoms with Crippen molar-refractivity contribution < 1.29 is 9.53 Å². The van der Waals surface area contributed by atoms with Crippen LogP contribution in [0.15, 0.2) is 73.3 Å². The molecule has 2 fully saturated rings. The van der Waals surface area contributed by atoms with Crippen molar-refractivity contribution in [3.8, 4) is 11.5 Å². The third-order valence-corrected chi connectivity index (χ3v) is 7.27. The molecule has 37 heavy (non-hydrogen) atoms. The van der Waals surface area contributed by atoms with Gasteiger partial charge in [-0.2, -0.15) is 0 Å². The highest BCUT2D eigenvalue weighted by Crippen LogP contribution is 2.33. The summed E-state index contributed by atoms with van der Waals surface area (Å²) in [5.41, 5.74) is 3.95. The fourth-order valence-corrected chi connectivity index (χ4v) is 5.28. The standard InChI is InChI=1S/C29H30N6O2/c36-29(33-22-5-7-23(8-6-22)34-14-1-2-15-34)35-16-11-21(12-17-35)28-26-10-9-24(18-27(26)31-20-32-28)37-25-4-3-13-30-19-25/h3-10,13,18-21H,1-2,11-12,14-17H2,(H,33,36). The van der Waals surface area contributed by atoms with Gasteiger partial charge >= 0.3 is 6.03 Å². The number of hydrogen-bond donors (Lipinski definition) is 1. The average Bonchev–Trinajstić information content (AvgIpc) is 3.49. The summed E-state index contributed by atoms with van der Waals surface area (Å²) >= 11 is 0. The number of anilines is 2. The smallest absolute Gasteiger partial charge is 0.321 e. The van der Waals surface area contributed by atoms with E-state index in [1.165, 1.54) is 18.5 Å². The number of aromatic nitrogens is 3. The largest absolute Gasteiger partial charge is 0.456 e. The molecule has 2 aromatic carbocycles. The second-order valence-corrected chi connectivity index (χ2v) is 9.66. The third kappa shape index (κ3) is 5.18. The van der Waals surface area contributed by atoms with Gasteiger partial charge in [-0.25, -0.2) is 14.8 Å². The van der Waals surface area contributed by atoms with Crippen LogP contribution in [0.5, 0.6) is 11.5 Å². The van der Waals surface area contributed by atoms with Crippen LogP contribution in [-0.2, 0) is 0 Å². The monoisotopic (exact) mass is 494 g/mol. The minimum absolute atomic E-state index is 0.0443. The zero-order valence-electron chi connectivity index (χ0n) is 20.7. The van der Waals surface area contributed by atoms with Crippen LogP contribution in [0.4, 0.5) is 16.2 Å². The number of rotatable bonds is 5. The summed E-state index contributed by atoms with van der Waals surface area (Å²) in [5.74, 6) is 1.67. The van der Waals surface area contributed by atoms with Gasteiger partial charge in [-0.1, -0.05) is 0 Å². The number of hydrogen-bond acceptors (Lipinski definition) is 6. The number of amides is 2. The van der Waals surface area contributed by atoms with Gasteiger partial charge in [-0.05, 0) is 74.2 Å². The van der Waals surface area contributed by atoms with Crippen LogP contribution >= 0.6 is 0 Å².